The number of carbonyl (C=O) groups excluding carboxylic acids is 1. The molecule has 0 aromatic heterocycles. The van der Waals surface area contributed by atoms with Crippen molar-refractivity contribution in [2.45, 2.75) is 39.7 Å². The van der Waals surface area contributed by atoms with Crippen LogP contribution in [0.15, 0.2) is 24.3 Å². The van der Waals surface area contributed by atoms with Gasteiger partial charge in [-0.3, -0.25) is 4.79 Å². The number of benzene rings is 1. The van der Waals surface area contributed by atoms with E-state index in [1.807, 2.05) is 32.9 Å². The van der Waals surface area contributed by atoms with Crippen LogP contribution in [0, 0.1) is 5.41 Å². The number of aldehydes is 1. The Morgan fingerprint density at radius 1 is 1.32 bits per heavy atom. The molecule has 1 amide bonds. The standard InChI is InChI=1S/C15H21NO3/c1-15(2,3)13(16-14(18)19)9-8-11-4-6-12(10-17)7-5-11/h4-7,10,13,16H,8-9H2,1-3H3,(H,18,19). The van der Waals surface area contributed by atoms with Crippen molar-refractivity contribution in [2.24, 2.45) is 5.41 Å². The van der Waals surface area contributed by atoms with E-state index in [9.17, 15) is 9.59 Å². The lowest BCUT2D eigenvalue weighted by Crippen LogP contribution is -2.43. The topological polar surface area (TPSA) is 66.4 Å². The van der Waals surface area contributed by atoms with Crippen molar-refractivity contribution in [2.75, 3.05) is 0 Å². The van der Waals surface area contributed by atoms with Crippen molar-refractivity contribution in [3.05, 3.63) is 35.4 Å². The van der Waals surface area contributed by atoms with Crippen molar-refractivity contribution >= 4 is 12.4 Å². The zero-order valence-electron chi connectivity index (χ0n) is 11.6. The van der Waals surface area contributed by atoms with Gasteiger partial charge in [-0.05, 0) is 23.8 Å². The molecule has 0 aliphatic carbocycles. The zero-order chi connectivity index (χ0) is 14.5. The molecular weight excluding hydrogens is 242 g/mol. The molecule has 0 heterocycles. The van der Waals surface area contributed by atoms with Gasteiger partial charge in [0.25, 0.3) is 0 Å². The van der Waals surface area contributed by atoms with Gasteiger partial charge in [0.15, 0.2) is 0 Å². The first kappa shape index (κ1) is 15.2. The molecule has 0 radical (unpaired) electrons. The largest absolute Gasteiger partial charge is 0.465 e. The molecule has 0 bridgehead atoms. The summed E-state index contributed by atoms with van der Waals surface area (Å²) in [4.78, 5) is 21.4. The van der Waals surface area contributed by atoms with Gasteiger partial charge in [0.1, 0.15) is 6.29 Å². The predicted molar refractivity (Wildman–Crippen MR) is 74.6 cm³/mol. The second kappa shape index (κ2) is 6.36. The van der Waals surface area contributed by atoms with E-state index in [-0.39, 0.29) is 11.5 Å². The molecular formula is C15H21NO3. The lowest BCUT2D eigenvalue weighted by molar-refractivity contribution is 0.112. The van der Waals surface area contributed by atoms with E-state index in [4.69, 9.17) is 5.11 Å². The van der Waals surface area contributed by atoms with Crippen LogP contribution >= 0.6 is 0 Å². The van der Waals surface area contributed by atoms with Crippen molar-refractivity contribution in [3.8, 4) is 0 Å². The minimum absolute atomic E-state index is 0.101. The minimum Gasteiger partial charge on any atom is -0.465 e. The van der Waals surface area contributed by atoms with E-state index in [2.05, 4.69) is 5.32 Å². The smallest absolute Gasteiger partial charge is 0.404 e. The Morgan fingerprint density at radius 2 is 1.89 bits per heavy atom. The monoisotopic (exact) mass is 263 g/mol. The third-order valence-electron chi connectivity index (χ3n) is 3.18. The summed E-state index contributed by atoms with van der Waals surface area (Å²) in [5.41, 5.74) is 1.63. The number of carboxylic acid groups (broad SMARTS) is 1. The average Bonchev–Trinajstić information content (AvgIpc) is 2.33. The summed E-state index contributed by atoms with van der Waals surface area (Å²) < 4.78 is 0. The zero-order valence-corrected chi connectivity index (χ0v) is 11.6. The first-order valence-corrected chi connectivity index (χ1v) is 6.36. The molecule has 0 saturated heterocycles. The van der Waals surface area contributed by atoms with Crippen LogP contribution in [0.2, 0.25) is 0 Å². The summed E-state index contributed by atoms with van der Waals surface area (Å²) in [5.74, 6) is 0. The van der Waals surface area contributed by atoms with E-state index in [0.717, 1.165) is 24.7 Å². The van der Waals surface area contributed by atoms with Gasteiger partial charge in [-0.1, -0.05) is 45.0 Å². The maximum Gasteiger partial charge on any atom is 0.404 e. The summed E-state index contributed by atoms with van der Waals surface area (Å²) in [7, 11) is 0. The van der Waals surface area contributed by atoms with Crippen LogP contribution in [-0.4, -0.2) is 23.5 Å². The molecule has 0 spiro atoms. The molecule has 1 rings (SSSR count). The van der Waals surface area contributed by atoms with Crippen LogP contribution in [0.25, 0.3) is 0 Å². The normalized spacial score (nSPS) is 12.8. The molecule has 104 valence electrons. The number of hydrogen-bond donors (Lipinski definition) is 2. The molecule has 19 heavy (non-hydrogen) atoms. The highest BCUT2D eigenvalue weighted by atomic mass is 16.4. The number of aryl methyl sites for hydroxylation is 1. The van der Waals surface area contributed by atoms with Gasteiger partial charge in [0, 0.05) is 11.6 Å². The summed E-state index contributed by atoms with van der Waals surface area (Å²) in [6.07, 6.45) is 1.34. The highest BCUT2D eigenvalue weighted by molar-refractivity contribution is 5.74. The number of hydrogen-bond acceptors (Lipinski definition) is 2. The molecule has 1 aromatic rings. The number of carbonyl (C=O) groups is 2. The van der Waals surface area contributed by atoms with Gasteiger partial charge < -0.3 is 10.4 Å². The first-order valence-electron chi connectivity index (χ1n) is 6.36. The first-order chi connectivity index (χ1) is 8.82. The third kappa shape index (κ3) is 5.12. The van der Waals surface area contributed by atoms with Gasteiger partial charge in [-0.25, -0.2) is 4.79 Å². The number of nitrogens with one attached hydrogen (secondary N) is 1. The van der Waals surface area contributed by atoms with Crippen molar-refractivity contribution in [3.63, 3.8) is 0 Å². The van der Waals surface area contributed by atoms with Crippen molar-refractivity contribution in [1.82, 2.24) is 5.32 Å². The molecule has 4 nitrogen and oxygen atoms in total. The molecule has 1 unspecified atom stereocenters. The molecule has 1 atom stereocenters. The Morgan fingerprint density at radius 3 is 2.32 bits per heavy atom. The van der Waals surface area contributed by atoms with Gasteiger partial charge >= 0.3 is 6.09 Å². The Balaban J connectivity index is 2.64. The summed E-state index contributed by atoms with van der Waals surface area (Å²) in [5, 5.41) is 11.4. The Kier molecular flexibility index (Phi) is 5.10. The lowest BCUT2D eigenvalue weighted by atomic mass is 9.83. The molecule has 0 saturated carbocycles. The molecule has 2 N–H and O–H groups in total. The van der Waals surface area contributed by atoms with Crippen molar-refractivity contribution < 1.29 is 14.7 Å². The number of rotatable bonds is 5. The SMILES string of the molecule is CC(C)(C)C(CCc1ccc(C=O)cc1)NC(=O)O. The van der Waals surface area contributed by atoms with Crippen LogP contribution in [0.5, 0.6) is 0 Å². The van der Waals surface area contributed by atoms with E-state index in [1.54, 1.807) is 12.1 Å². The summed E-state index contributed by atoms with van der Waals surface area (Å²) in [6, 6.07) is 7.27. The quantitative estimate of drug-likeness (QED) is 0.802. The third-order valence-corrected chi connectivity index (χ3v) is 3.18. The Bertz CT molecular complexity index is 432. The predicted octanol–water partition coefficient (Wildman–Crippen LogP) is 3.11. The Labute approximate surface area is 113 Å². The fourth-order valence-electron chi connectivity index (χ4n) is 1.94. The van der Waals surface area contributed by atoms with Crippen LogP contribution in [0.4, 0.5) is 4.79 Å². The molecule has 0 fully saturated rings. The maximum atomic E-state index is 10.8. The van der Waals surface area contributed by atoms with Crippen LogP contribution in [-0.2, 0) is 6.42 Å². The highest BCUT2D eigenvalue weighted by Gasteiger charge is 2.25. The van der Waals surface area contributed by atoms with E-state index < -0.39 is 6.09 Å². The fraction of sp³-hybridized carbons (Fsp3) is 0.467. The van der Waals surface area contributed by atoms with Gasteiger partial charge in [0.05, 0.1) is 0 Å². The van der Waals surface area contributed by atoms with Crippen LogP contribution in [0.3, 0.4) is 0 Å². The highest BCUT2D eigenvalue weighted by Crippen LogP contribution is 2.23. The minimum atomic E-state index is -0.990. The second-order valence-electron chi connectivity index (χ2n) is 5.77. The van der Waals surface area contributed by atoms with Crippen LogP contribution in [0.1, 0.15) is 43.1 Å². The van der Waals surface area contributed by atoms with Gasteiger partial charge in [0.2, 0.25) is 0 Å². The van der Waals surface area contributed by atoms with E-state index in [0.29, 0.717) is 5.56 Å². The fourth-order valence-corrected chi connectivity index (χ4v) is 1.94. The lowest BCUT2D eigenvalue weighted by Gasteiger charge is -2.30. The summed E-state index contributed by atoms with van der Waals surface area (Å²) >= 11 is 0. The molecule has 0 aliphatic heterocycles. The second-order valence-corrected chi connectivity index (χ2v) is 5.77. The molecule has 1 aromatic carbocycles. The van der Waals surface area contributed by atoms with Crippen molar-refractivity contribution in [1.29, 1.82) is 0 Å². The molecule has 4 heteroatoms. The average molecular weight is 263 g/mol. The maximum absolute atomic E-state index is 10.8. The molecule has 0 aliphatic rings. The van der Waals surface area contributed by atoms with Gasteiger partial charge in [-0.2, -0.15) is 0 Å². The Hall–Kier alpha value is -1.84. The summed E-state index contributed by atoms with van der Waals surface area (Å²) in [6.45, 7) is 6.05. The number of amides is 1. The van der Waals surface area contributed by atoms with Gasteiger partial charge in [-0.15, -0.1) is 0 Å². The van der Waals surface area contributed by atoms with E-state index >= 15 is 0 Å². The van der Waals surface area contributed by atoms with E-state index in [1.165, 1.54) is 0 Å². The van der Waals surface area contributed by atoms with Crippen LogP contribution < -0.4 is 5.32 Å².